The highest BCUT2D eigenvalue weighted by Gasteiger charge is 2.46. The van der Waals surface area contributed by atoms with Crippen molar-refractivity contribution in [3.63, 3.8) is 0 Å². The van der Waals surface area contributed by atoms with Crippen LogP contribution in [-0.4, -0.2) is 65.9 Å². The van der Waals surface area contributed by atoms with Crippen molar-refractivity contribution >= 4 is 23.4 Å². The molecule has 1 aliphatic rings. The highest BCUT2D eigenvalue weighted by molar-refractivity contribution is 6.09. The van der Waals surface area contributed by atoms with Crippen molar-refractivity contribution in [1.29, 1.82) is 0 Å². The number of unbranched alkanes of at least 4 members (excludes halogenated alkanes) is 2. The predicted octanol–water partition coefficient (Wildman–Crippen LogP) is 4.30. The molecule has 1 heterocycles. The zero-order valence-corrected chi connectivity index (χ0v) is 22.9. The maximum absolute atomic E-state index is 12.6. The number of nitrogens with zero attached hydrogens (tertiary/aromatic N) is 1. The fourth-order valence-corrected chi connectivity index (χ4v) is 4.67. The van der Waals surface area contributed by atoms with Crippen molar-refractivity contribution in [2.24, 2.45) is 11.8 Å². The van der Waals surface area contributed by atoms with E-state index < -0.39 is 42.6 Å². The summed E-state index contributed by atoms with van der Waals surface area (Å²) in [4.78, 5) is 38.1. The topological polar surface area (TPSA) is 113 Å². The van der Waals surface area contributed by atoms with Crippen LogP contribution < -0.4 is 4.90 Å². The zero-order valence-electron chi connectivity index (χ0n) is 22.9. The molecule has 0 aliphatic carbocycles. The molecule has 0 bridgehead atoms. The normalized spacial score (nSPS) is 19.8. The summed E-state index contributed by atoms with van der Waals surface area (Å²) in [5, 5.41) is 19.5. The van der Waals surface area contributed by atoms with Crippen LogP contribution in [-0.2, 0) is 19.1 Å². The van der Waals surface area contributed by atoms with E-state index in [1.807, 2.05) is 12.1 Å². The van der Waals surface area contributed by atoms with Crippen molar-refractivity contribution in [3.8, 4) is 0 Å². The van der Waals surface area contributed by atoms with Crippen molar-refractivity contribution in [2.45, 2.75) is 97.4 Å². The Balaban J connectivity index is 2.06. The number of aliphatic hydroxyl groups is 2. The van der Waals surface area contributed by atoms with Crippen LogP contribution in [0.2, 0.25) is 0 Å². The van der Waals surface area contributed by atoms with E-state index in [9.17, 15) is 24.6 Å². The minimum absolute atomic E-state index is 0.321. The molecule has 208 valence electrons. The third-order valence-corrected chi connectivity index (χ3v) is 7.26. The van der Waals surface area contributed by atoms with E-state index in [0.29, 0.717) is 17.4 Å². The van der Waals surface area contributed by atoms with Crippen molar-refractivity contribution in [3.05, 3.63) is 29.8 Å². The second-order valence-corrected chi connectivity index (χ2v) is 10.1. The van der Waals surface area contributed by atoms with E-state index in [2.05, 4.69) is 37.3 Å². The number of rotatable bonds is 17. The van der Waals surface area contributed by atoms with Crippen LogP contribution in [0.3, 0.4) is 0 Å². The van der Waals surface area contributed by atoms with Gasteiger partial charge in [-0.2, -0.15) is 0 Å². The molecule has 1 aromatic rings. The van der Waals surface area contributed by atoms with E-state index in [1.165, 1.54) is 38.5 Å². The molecular formula is C29H45NO7. The number of carbonyl (C=O) groups is 3. The van der Waals surface area contributed by atoms with Crippen molar-refractivity contribution < 1.29 is 34.1 Å². The second kappa shape index (κ2) is 15.7. The average molecular weight is 520 g/mol. The third kappa shape index (κ3) is 9.11. The van der Waals surface area contributed by atoms with Gasteiger partial charge in [-0.1, -0.05) is 66.2 Å². The van der Waals surface area contributed by atoms with Crippen molar-refractivity contribution in [1.82, 2.24) is 0 Å². The molecule has 0 aromatic heterocycles. The number of ether oxygens (including phenoxy) is 2. The van der Waals surface area contributed by atoms with Crippen molar-refractivity contribution in [2.75, 3.05) is 24.6 Å². The van der Waals surface area contributed by atoms with E-state index in [0.717, 1.165) is 31.6 Å². The Kier molecular flexibility index (Phi) is 13.1. The summed E-state index contributed by atoms with van der Waals surface area (Å²) in [6, 6.07) is 7.29. The number of cyclic esters (lactones) is 1. The van der Waals surface area contributed by atoms with Gasteiger partial charge >= 0.3 is 11.9 Å². The number of Topliss-reactive ketones (excluding diaryl/α,β-unsaturated/α-hetero) is 1. The number of anilines is 1. The Hall–Kier alpha value is -2.45. The third-order valence-electron chi connectivity index (χ3n) is 7.26. The molecular weight excluding hydrogens is 474 g/mol. The Labute approximate surface area is 221 Å². The van der Waals surface area contributed by atoms with Gasteiger partial charge in [-0.15, -0.1) is 0 Å². The van der Waals surface area contributed by atoms with Crippen LogP contribution in [0, 0.1) is 11.8 Å². The van der Waals surface area contributed by atoms with Gasteiger partial charge in [0, 0.05) is 18.8 Å². The van der Waals surface area contributed by atoms with Gasteiger partial charge in [0.05, 0.1) is 5.56 Å². The number of carbonyl (C=O) groups excluding carboxylic acids is 3. The Morgan fingerprint density at radius 3 is 1.95 bits per heavy atom. The summed E-state index contributed by atoms with van der Waals surface area (Å²) in [7, 11) is 0. The Morgan fingerprint density at radius 2 is 1.51 bits per heavy atom. The lowest BCUT2D eigenvalue weighted by Gasteiger charge is -2.32. The van der Waals surface area contributed by atoms with Crippen LogP contribution in [0.1, 0.15) is 89.4 Å². The summed E-state index contributed by atoms with van der Waals surface area (Å²) < 4.78 is 9.82. The van der Waals surface area contributed by atoms with Gasteiger partial charge in [-0.05, 0) is 48.9 Å². The first-order chi connectivity index (χ1) is 17.7. The summed E-state index contributed by atoms with van der Waals surface area (Å²) in [5.41, 5.74) is 1.39. The first-order valence-corrected chi connectivity index (χ1v) is 13.9. The van der Waals surface area contributed by atoms with Crippen LogP contribution in [0.5, 0.6) is 0 Å². The molecule has 0 amide bonds. The van der Waals surface area contributed by atoms with E-state index >= 15 is 0 Å². The minimum atomic E-state index is -1.91. The average Bonchev–Trinajstić information content (AvgIpc) is 3.17. The molecule has 8 nitrogen and oxygen atoms in total. The first kappa shape index (κ1) is 30.8. The molecule has 1 aromatic carbocycles. The fraction of sp³-hybridized carbons (Fsp3) is 0.690. The number of aliphatic hydroxyl groups excluding tert-OH is 2. The molecule has 1 fully saturated rings. The Morgan fingerprint density at radius 1 is 0.973 bits per heavy atom. The number of ketones is 1. The van der Waals surface area contributed by atoms with Gasteiger partial charge in [0.2, 0.25) is 11.9 Å². The lowest BCUT2D eigenvalue weighted by atomic mass is 9.95. The molecule has 8 heteroatoms. The molecule has 0 spiro atoms. The van der Waals surface area contributed by atoms with E-state index in [1.54, 1.807) is 12.1 Å². The lowest BCUT2D eigenvalue weighted by molar-refractivity contribution is -0.151. The van der Waals surface area contributed by atoms with E-state index in [4.69, 9.17) is 4.74 Å². The van der Waals surface area contributed by atoms with Gasteiger partial charge < -0.3 is 24.6 Å². The van der Waals surface area contributed by atoms with E-state index in [-0.39, 0.29) is 0 Å². The monoisotopic (exact) mass is 519 g/mol. The molecule has 0 saturated carbocycles. The molecule has 1 aliphatic heterocycles. The largest absolute Gasteiger partial charge is 0.459 e. The van der Waals surface area contributed by atoms with Gasteiger partial charge in [-0.25, -0.2) is 9.59 Å². The Bertz CT molecular complexity index is 838. The second-order valence-electron chi connectivity index (χ2n) is 10.1. The van der Waals surface area contributed by atoms with Gasteiger partial charge in [0.15, 0.2) is 6.10 Å². The molecule has 5 atom stereocenters. The lowest BCUT2D eigenvalue weighted by Crippen LogP contribution is -2.38. The molecule has 1 saturated heterocycles. The first-order valence-electron chi connectivity index (χ1n) is 13.9. The molecule has 2 N–H and O–H groups in total. The van der Waals surface area contributed by atoms with Crippen LogP contribution in [0.25, 0.3) is 0 Å². The molecule has 37 heavy (non-hydrogen) atoms. The highest BCUT2D eigenvalue weighted by atomic mass is 16.6. The smallest absolute Gasteiger partial charge is 0.343 e. The maximum Gasteiger partial charge on any atom is 0.343 e. The standard InChI is InChI=1S/C29H45NO7/c1-5-9-11-20(7-3)17-30(18-21(8-4)12-10-6-2)23-15-13-22(14-16-23)28(34)36-19-24(31)27-25(32)26(33)29(35)37-27/h13-16,20-21,24,26-27,31,33H,5-12,17-19H2,1-4H3/t20?,21?,24-,26?,27+/m0/s1. The number of benzene rings is 1. The molecule has 0 radical (unpaired) electrons. The number of hydrogen-bond acceptors (Lipinski definition) is 8. The fourth-order valence-electron chi connectivity index (χ4n) is 4.67. The van der Waals surface area contributed by atoms with Crippen LogP contribution in [0.4, 0.5) is 5.69 Å². The summed E-state index contributed by atoms with van der Waals surface area (Å²) in [6.45, 7) is 10.4. The SMILES string of the molecule is CCCCC(CC)CN(CC(CC)CCCC)c1ccc(C(=O)OC[C@H](O)[C@H]2OC(=O)C(O)C2=O)cc1. The maximum atomic E-state index is 12.6. The number of esters is 2. The minimum Gasteiger partial charge on any atom is -0.459 e. The van der Waals surface area contributed by atoms with Gasteiger partial charge in [0.1, 0.15) is 12.7 Å². The molecule has 2 rings (SSSR count). The summed E-state index contributed by atoms with van der Waals surface area (Å²) in [6.07, 6.45) is 4.50. The zero-order chi connectivity index (χ0) is 27.4. The van der Waals surface area contributed by atoms with Gasteiger partial charge in [0.25, 0.3) is 0 Å². The summed E-state index contributed by atoms with van der Waals surface area (Å²) >= 11 is 0. The number of hydrogen-bond donors (Lipinski definition) is 2. The van der Waals surface area contributed by atoms with Gasteiger partial charge in [-0.3, -0.25) is 4.79 Å². The van der Waals surface area contributed by atoms with Crippen LogP contribution >= 0.6 is 0 Å². The molecule has 3 unspecified atom stereocenters. The quantitative estimate of drug-likeness (QED) is 0.231. The summed E-state index contributed by atoms with van der Waals surface area (Å²) in [5.74, 6) is -1.48. The highest BCUT2D eigenvalue weighted by Crippen LogP contribution is 2.25. The predicted molar refractivity (Wildman–Crippen MR) is 142 cm³/mol. The van der Waals surface area contributed by atoms with Crippen LogP contribution in [0.15, 0.2) is 24.3 Å².